The SMILES string of the molecule is NNC(=O)CCCCN1C(=O)C(=O)c2cc(Cl)ccc21. The Labute approximate surface area is 120 Å². The topological polar surface area (TPSA) is 92.5 Å². The minimum Gasteiger partial charge on any atom is -0.305 e. The summed E-state index contributed by atoms with van der Waals surface area (Å²) >= 11 is 5.82. The summed E-state index contributed by atoms with van der Waals surface area (Å²) < 4.78 is 0. The van der Waals surface area contributed by atoms with Crippen molar-refractivity contribution in [1.82, 2.24) is 5.43 Å². The zero-order valence-corrected chi connectivity index (χ0v) is 11.4. The van der Waals surface area contributed by atoms with Crippen LogP contribution in [-0.4, -0.2) is 24.1 Å². The molecule has 3 N–H and O–H groups in total. The zero-order valence-electron chi connectivity index (χ0n) is 10.7. The van der Waals surface area contributed by atoms with E-state index in [2.05, 4.69) is 0 Å². The molecule has 106 valence electrons. The first-order chi connectivity index (χ1) is 9.54. The normalized spacial score (nSPS) is 13.6. The van der Waals surface area contributed by atoms with Crippen molar-refractivity contribution in [2.75, 3.05) is 11.4 Å². The summed E-state index contributed by atoms with van der Waals surface area (Å²) in [5.41, 5.74) is 2.95. The average Bonchev–Trinajstić information content (AvgIpc) is 2.67. The highest BCUT2D eigenvalue weighted by atomic mass is 35.5. The van der Waals surface area contributed by atoms with E-state index in [1.165, 1.54) is 11.0 Å². The molecule has 1 aromatic rings. The maximum Gasteiger partial charge on any atom is 0.299 e. The minimum absolute atomic E-state index is 0.249. The van der Waals surface area contributed by atoms with Crippen molar-refractivity contribution in [2.24, 2.45) is 5.84 Å². The lowest BCUT2D eigenvalue weighted by molar-refractivity contribution is -0.121. The standard InChI is InChI=1S/C13H14ClN3O3/c14-8-4-5-10-9(7-8)12(19)13(20)17(10)6-2-1-3-11(18)16-15/h4-5,7H,1-3,6,15H2,(H,16,18). The first-order valence-corrected chi connectivity index (χ1v) is 6.57. The first-order valence-electron chi connectivity index (χ1n) is 6.20. The number of nitrogens with two attached hydrogens (primary N) is 1. The fraction of sp³-hybridized carbons (Fsp3) is 0.308. The van der Waals surface area contributed by atoms with Gasteiger partial charge in [0.2, 0.25) is 5.91 Å². The maximum absolute atomic E-state index is 11.9. The molecule has 0 radical (unpaired) electrons. The van der Waals surface area contributed by atoms with Crippen LogP contribution in [0.2, 0.25) is 5.02 Å². The number of nitrogens with one attached hydrogen (secondary N) is 1. The highest BCUT2D eigenvalue weighted by Gasteiger charge is 2.35. The Hall–Kier alpha value is -1.92. The molecule has 0 aliphatic carbocycles. The fourth-order valence-corrected chi connectivity index (χ4v) is 2.29. The molecule has 0 saturated heterocycles. The largest absolute Gasteiger partial charge is 0.305 e. The van der Waals surface area contributed by atoms with Crippen molar-refractivity contribution in [3.05, 3.63) is 28.8 Å². The van der Waals surface area contributed by atoms with Crippen molar-refractivity contribution in [2.45, 2.75) is 19.3 Å². The molecule has 1 aromatic carbocycles. The molecule has 1 heterocycles. The number of benzene rings is 1. The van der Waals surface area contributed by atoms with Gasteiger partial charge in [-0.05, 0) is 31.0 Å². The lowest BCUT2D eigenvalue weighted by atomic mass is 10.1. The van der Waals surface area contributed by atoms with E-state index in [0.717, 1.165) is 0 Å². The van der Waals surface area contributed by atoms with E-state index in [-0.39, 0.29) is 5.91 Å². The Kier molecular flexibility index (Phi) is 4.36. The second kappa shape index (κ2) is 6.02. The molecule has 0 unspecified atom stereocenters. The number of Topliss-reactive ketones (excluding diaryl/α,β-unsaturated/α-hetero) is 1. The highest BCUT2D eigenvalue weighted by Crippen LogP contribution is 2.31. The van der Waals surface area contributed by atoms with Gasteiger partial charge in [-0.1, -0.05) is 11.6 Å². The fourth-order valence-electron chi connectivity index (χ4n) is 2.12. The number of hydrogen-bond donors (Lipinski definition) is 2. The van der Waals surface area contributed by atoms with Gasteiger partial charge in [0.1, 0.15) is 0 Å². The van der Waals surface area contributed by atoms with E-state index in [9.17, 15) is 14.4 Å². The third-order valence-electron chi connectivity index (χ3n) is 3.13. The number of carbonyl (C=O) groups excluding carboxylic acids is 3. The summed E-state index contributed by atoms with van der Waals surface area (Å²) in [5.74, 6) is 3.63. The molecule has 7 heteroatoms. The van der Waals surface area contributed by atoms with Gasteiger partial charge in [0.15, 0.2) is 0 Å². The van der Waals surface area contributed by atoms with E-state index >= 15 is 0 Å². The average molecular weight is 296 g/mol. The summed E-state index contributed by atoms with van der Waals surface area (Å²) in [4.78, 5) is 36.1. The first kappa shape index (κ1) is 14.5. The predicted octanol–water partition coefficient (Wildman–Crippen LogP) is 1.03. The van der Waals surface area contributed by atoms with Crippen LogP contribution in [0.5, 0.6) is 0 Å². The molecule has 0 bridgehead atoms. The number of fused-ring (bicyclic) bond motifs is 1. The van der Waals surface area contributed by atoms with Crippen LogP contribution < -0.4 is 16.2 Å². The Morgan fingerprint density at radius 1 is 1.30 bits per heavy atom. The van der Waals surface area contributed by atoms with Crippen molar-refractivity contribution in [1.29, 1.82) is 0 Å². The molecule has 0 spiro atoms. The number of halogens is 1. The van der Waals surface area contributed by atoms with Crippen LogP contribution in [0.25, 0.3) is 0 Å². The van der Waals surface area contributed by atoms with Crippen LogP contribution in [0.15, 0.2) is 18.2 Å². The molecule has 1 aliphatic heterocycles. The van der Waals surface area contributed by atoms with Crippen LogP contribution in [0.1, 0.15) is 29.6 Å². The van der Waals surface area contributed by atoms with Gasteiger partial charge in [0.05, 0.1) is 11.3 Å². The van der Waals surface area contributed by atoms with Crippen LogP contribution >= 0.6 is 11.6 Å². The van der Waals surface area contributed by atoms with Gasteiger partial charge in [0, 0.05) is 18.0 Å². The molecule has 20 heavy (non-hydrogen) atoms. The van der Waals surface area contributed by atoms with Crippen LogP contribution in [-0.2, 0) is 9.59 Å². The summed E-state index contributed by atoms with van der Waals surface area (Å²) in [6.45, 7) is 0.386. The molecule has 1 aliphatic rings. The number of hydrogen-bond acceptors (Lipinski definition) is 4. The Morgan fingerprint density at radius 3 is 2.75 bits per heavy atom. The molecule has 0 saturated carbocycles. The molecular formula is C13H14ClN3O3. The van der Waals surface area contributed by atoms with Gasteiger partial charge in [-0.25, -0.2) is 5.84 Å². The van der Waals surface area contributed by atoms with Gasteiger partial charge in [-0.2, -0.15) is 0 Å². The molecule has 2 rings (SSSR count). The van der Waals surface area contributed by atoms with Gasteiger partial charge >= 0.3 is 0 Å². The Bertz CT molecular complexity index is 574. The highest BCUT2D eigenvalue weighted by molar-refractivity contribution is 6.52. The van der Waals surface area contributed by atoms with E-state index in [1.54, 1.807) is 12.1 Å². The molecule has 2 amide bonds. The summed E-state index contributed by atoms with van der Waals surface area (Å²) in [7, 11) is 0. The Balaban J connectivity index is 2.01. The van der Waals surface area contributed by atoms with Crippen LogP contribution in [0.4, 0.5) is 5.69 Å². The minimum atomic E-state index is -0.550. The van der Waals surface area contributed by atoms with Crippen LogP contribution in [0, 0.1) is 0 Å². The molecule has 6 nitrogen and oxygen atoms in total. The van der Waals surface area contributed by atoms with E-state index < -0.39 is 11.7 Å². The molecular weight excluding hydrogens is 282 g/mol. The van der Waals surface area contributed by atoms with Gasteiger partial charge in [-0.3, -0.25) is 19.8 Å². The summed E-state index contributed by atoms with van der Waals surface area (Å²) in [5, 5.41) is 0.423. The maximum atomic E-state index is 11.9. The summed E-state index contributed by atoms with van der Waals surface area (Å²) in [6, 6.07) is 4.80. The number of rotatable bonds is 5. The quantitative estimate of drug-likeness (QED) is 0.279. The number of ketones is 1. The molecule has 0 aromatic heterocycles. The zero-order chi connectivity index (χ0) is 14.7. The summed E-state index contributed by atoms with van der Waals surface area (Å²) in [6.07, 6.45) is 1.48. The third kappa shape index (κ3) is 2.81. The van der Waals surface area contributed by atoms with E-state index in [1.807, 2.05) is 5.43 Å². The van der Waals surface area contributed by atoms with Crippen LogP contribution in [0.3, 0.4) is 0 Å². The number of nitrogens with zero attached hydrogens (tertiary/aromatic N) is 1. The lowest BCUT2D eigenvalue weighted by Crippen LogP contribution is -2.31. The van der Waals surface area contributed by atoms with Crippen molar-refractivity contribution < 1.29 is 14.4 Å². The van der Waals surface area contributed by atoms with Crippen molar-refractivity contribution in [3.8, 4) is 0 Å². The number of carbonyl (C=O) groups is 3. The van der Waals surface area contributed by atoms with Crippen molar-refractivity contribution >= 4 is 34.9 Å². The third-order valence-corrected chi connectivity index (χ3v) is 3.37. The smallest absolute Gasteiger partial charge is 0.299 e. The number of anilines is 1. The Morgan fingerprint density at radius 2 is 2.05 bits per heavy atom. The number of amides is 2. The number of hydrazine groups is 1. The molecule has 0 atom stereocenters. The van der Waals surface area contributed by atoms with Gasteiger partial charge in [-0.15, -0.1) is 0 Å². The molecule has 0 fully saturated rings. The van der Waals surface area contributed by atoms with Gasteiger partial charge in [0.25, 0.3) is 11.7 Å². The lowest BCUT2D eigenvalue weighted by Gasteiger charge is -2.16. The van der Waals surface area contributed by atoms with Crippen molar-refractivity contribution in [3.63, 3.8) is 0 Å². The predicted molar refractivity (Wildman–Crippen MR) is 74.3 cm³/mol. The van der Waals surface area contributed by atoms with E-state index in [4.69, 9.17) is 17.4 Å². The monoisotopic (exact) mass is 295 g/mol. The number of unbranched alkanes of at least 4 members (excludes halogenated alkanes) is 1. The van der Waals surface area contributed by atoms with E-state index in [0.29, 0.717) is 42.1 Å². The second-order valence-corrected chi connectivity index (χ2v) is 4.91. The second-order valence-electron chi connectivity index (χ2n) is 4.47. The van der Waals surface area contributed by atoms with Gasteiger partial charge < -0.3 is 4.90 Å².